The number of carbonyl (C=O) groups excluding carboxylic acids is 5. The van der Waals surface area contributed by atoms with E-state index in [0.717, 1.165) is 18.4 Å². The first kappa shape index (κ1) is 31.7. The maximum absolute atomic E-state index is 12.7. The molecule has 0 fully saturated rings. The quantitative estimate of drug-likeness (QED) is 0.153. The maximum atomic E-state index is 12.7. The van der Waals surface area contributed by atoms with Gasteiger partial charge in [-0.25, -0.2) is 24.0 Å². The van der Waals surface area contributed by atoms with Crippen molar-refractivity contribution in [2.75, 3.05) is 26.4 Å². The highest BCUT2D eigenvalue weighted by Crippen LogP contribution is 2.17. The highest BCUT2D eigenvalue weighted by molar-refractivity contribution is 6.05. The molecule has 0 saturated heterocycles. The number of hydrogen-bond donors (Lipinski definition) is 2. The van der Waals surface area contributed by atoms with Gasteiger partial charge in [-0.05, 0) is 39.0 Å². The number of rotatable bonds is 14. The number of ether oxygens (including phenoxy) is 5. The Kier molecular flexibility index (Phi) is 13.1. The van der Waals surface area contributed by atoms with Crippen LogP contribution in [-0.4, -0.2) is 78.7 Å². The van der Waals surface area contributed by atoms with E-state index < -0.39 is 68.5 Å². The summed E-state index contributed by atoms with van der Waals surface area (Å²) in [6.07, 6.45) is -0.193. The van der Waals surface area contributed by atoms with Gasteiger partial charge in [0, 0.05) is 11.1 Å². The molecule has 38 heavy (non-hydrogen) atoms. The Bertz CT molecular complexity index is 1100. The molecule has 0 amide bonds. The van der Waals surface area contributed by atoms with Crippen molar-refractivity contribution < 1.29 is 57.9 Å². The normalized spacial score (nSPS) is 12.1. The Morgan fingerprint density at radius 3 is 1.71 bits per heavy atom. The topological polar surface area (TPSA) is 172 Å². The van der Waals surface area contributed by atoms with Crippen LogP contribution in [-0.2, 0) is 33.3 Å². The summed E-state index contributed by atoms with van der Waals surface area (Å²) in [7, 11) is 0. The number of esters is 5. The van der Waals surface area contributed by atoms with Gasteiger partial charge in [0.1, 0.15) is 38.6 Å². The lowest BCUT2D eigenvalue weighted by Crippen LogP contribution is -2.26. The summed E-state index contributed by atoms with van der Waals surface area (Å²) in [6.45, 7) is 9.16. The van der Waals surface area contributed by atoms with Gasteiger partial charge in [0.2, 0.25) is 0 Å². The minimum Gasteiger partial charge on any atom is -0.459 e. The zero-order chi connectivity index (χ0) is 28.8. The summed E-state index contributed by atoms with van der Waals surface area (Å²) in [5.41, 5.74) is -0.568. The lowest BCUT2D eigenvalue weighted by Gasteiger charge is -2.14. The van der Waals surface area contributed by atoms with Gasteiger partial charge < -0.3 is 33.9 Å². The second-order valence-electron chi connectivity index (χ2n) is 7.90. The molecule has 0 saturated carbocycles. The molecule has 0 radical (unpaired) electrons. The van der Waals surface area contributed by atoms with Crippen LogP contribution in [0.5, 0.6) is 0 Å². The molecule has 1 aromatic rings. The number of benzene rings is 1. The first-order valence-corrected chi connectivity index (χ1v) is 11.2. The van der Waals surface area contributed by atoms with Crippen molar-refractivity contribution in [1.82, 2.24) is 0 Å². The molecular weight excluding hydrogens is 504 g/mol. The van der Waals surface area contributed by atoms with Crippen LogP contribution >= 0.6 is 0 Å². The second-order valence-corrected chi connectivity index (χ2v) is 7.90. The average molecular weight is 535 g/mol. The predicted octanol–water partition coefficient (Wildman–Crippen LogP) is 1.65. The van der Waals surface area contributed by atoms with Crippen LogP contribution in [0, 0.1) is 0 Å². The van der Waals surface area contributed by atoms with Crippen molar-refractivity contribution in [2.45, 2.75) is 33.0 Å². The van der Waals surface area contributed by atoms with E-state index in [4.69, 9.17) is 23.7 Å². The summed E-state index contributed by atoms with van der Waals surface area (Å²) in [4.78, 5) is 60.4. The lowest BCUT2D eigenvalue weighted by molar-refractivity contribution is -0.143. The van der Waals surface area contributed by atoms with Gasteiger partial charge in [-0.1, -0.05) is 19.2 Å². The fourth-order valence-electron chi connectivity index (χ4n) is 2.40. The molecule has 0 aliphatic rings. The zero-order valence-corrected chi connectivity index (χ0v) is 21.3. The second kappa shape index (κ2) is 15.7. The first-order valence-electron chi connectivity index (χ1n) is 11.2. The summed E-state index contributed by atoms with van der Waals surface area (Å²) in [5, 5.41) is 19.8. The van der Waals surface area contributed by atoms with E-state index in [2.05, 4.69) is 13.2 Å². The molecule has 0 bridgehead atoms. The van der Waals surface area contributed by atoms with E-state index >= 15 is 0 Å². The summed E-state index contributed by atoms with van der Waals surface area (Å²) < 4.78 is 24.4. The van der Waals surface area contributed by atoms with Crippen LogP contribution in [0.4, 0.5) is 0 Å². The number of aliphatic hydroxyl groups excluding tert-OH is 2. The molecule has 0 aromatic heterocycles. The number of carbonyl (C=O) groups is 5. The van der Waals surface area contributed by atoms with Crippen LogP contribution in [0.15, 0.2) is 54.8 Å². The molecule has 2 atom stereocenters. The van der Waals surface area contributed by atoms with Gasteiger partial charge >= 0.3 is 29.8 Å². The van der Waals surface area contributed by atoms with E-state index in [1.54, 1.807) is 6.92 Å². The molecule has 0 spiro atoms. The van der Waals surface area contributed by atoms with Crippen LogP contribution in [0.2, 0.25) is 0 Å². The molecule has 2 N–H and O–H groups in total. The van der Waals surface area contributed by atoms with Gasteiger partial charge in [0.15, 0.2) is 0 Å². The van der Waals surface area contributed by atoms with Crippen LogP contribution in [0.25, 0.3) is 0 Å². The van der Waals surface area contributed by atoms with Crippen LogP contribution in [0.1, 0.15) is 51.8 Å². The smallest absolute Gasteiger partial charge is 0.343 e. The summed E-state index contributed by atoms with van der Waals surface area (Å²) in [6, 6.07) is 3.33. The Hall–Kier alpha value is -4.29. The van der Waals surface area contributed by atoms with E-state index in [0.29, 0.717) is 0 Å². The fourth-order valence-corrected chi connectivity index (χ4v) is 2.40. The third-order valence-corrected chi connectivity index (χ3v) is 4.33. The molecule has 1 rings (SSSR count). The van der Waals surface area contributed by atoms with Gasteiger partial charge in [0.05, 0.1) is 23.0 Å². The minimum absolute atomic E-state index is 0.113. The molecule has 206 valence electrons. The third kappa shape index (κ3) is 10.8. The highest BCUT2D eigenvalue weighted by atomic mass is 16.6. The third-order valence-electron chi connectivity index (χ3n) is 4.33. The SMILES string of the molecule is C=C(C)C(=O)OCC(O)COC(=O)c1ccc(C(=O)OC=CC)c(C(=O)OCC(O)COC(=O)C(=C)C)c1. The maximum Gasteiger partial charge on any atom is 0.343 e. The zero-order valence-electron chi connectivity index (χ0n) is 21.3. The van der Waals surface area contributed by atoms with E-state index in [1.165, 1.54) is 26.0 Å². The standard InChI is InChI=1S/C26H30O12/c1-6-9-34-25(32)20-8-7-17(24(31)37-13-18(27)11-35-22(29)15(2)3)10-21(20)26(33)38-14-19(28)12-36-23(30)16(4)5/h6-10,18-19,27-28H,2,4,11-14H2,1,3,5H3. The van der Waals surface area contributed by atoms with Crippen molar-refractivity contribution in [2.24, 2.45) is 0 Å². The molecule has 12 heteroatoms. The number of hydrogen-bond acceptors (Lipinski definition) is 12. The van der Waals surface area contributed by atoms with Gasteiger partial charge in [-0.2, -0.15) is 0 Å². The van der Waals surface area contributed by atoms with E-state index in [-0.39, 0.29) is 27.8 Å². The Morgan fingerprint density at radius 2 is 1.24 bits per heavy atom. The first-order chi connectivity index (χ1) is 17.9. The molecule has 12 nitrogen and oxygen atoms in total. The number of aliphatic hydroxyl groups is 2. The molecule has 0 heterocycles. The van der Waals surface area contributed by atoms with Gasteiger partial charge in [-0.15, -0.1) is 0 Å². The van der Waals surface area contributed by atoms with E-state index in [1.807, 2.05) is 0 Å². The van der Waals surface area contributed by atoms with Crippen molar-refractivity contribution in [3.05, 3.63) is 71.5 Å². The van der Waals surface area contributed by atoms with Gasteiger partial charge in [0.25, 0.3) is 0 Å². The Labute approximate surface area is 219 Å². The molecule has 2 unspecified atom stereocenters. The number of allylic oxidation sites excluding steroid dienone is 1. The average Bonchev–Trinajstić information content (AvgIpc) is 2.89. The largest absolute Gasteiger partial charge is 0.459 e. The van der Waals surface area contributed by atoms with Crippen molar-refractivity contribution in [1.29, 1.82) is 0 Å². The van der Waals surface area contributed by atoms with Crippen LogP contribution < -0.4 is 0 Å². The molecule has 0 aliphatic carbocycles. The predicted molar refractivity (Wildman–Crippen MR) is 131 cm³/mol. The Morgan fingerprint density at radius 1 is 0.763 bits per heavy atom. The molecule has 0 aliphatic heterocycles. The highest BCUT2D eigenvalue weighted by Gasteiger charge is 2.24. The van der Waals surface area contributed by atoms with Crippen molar-refractivity contribution in [3.63, 3.8) is 0 Å². The van der Waals surface area contributed by atoms with Crippen LogP contribution in [0.3, 0.4) is 0 Å². The summed E-state index contributed by atoms with van der Waals surface area (Å²) in [5.74, 6) is -4.46. The molecule has 1 aromatic carbocycles. The van der Waals surface area contributed by atoms with Crippen molar-refractivity contribution in [3.8, 4) is 0 Å². The Balaban J connectivity index is 2.95. The van der Waals surface area contributed by atoms with E-state index in [9.17, 15) is 34.2 Å². The monoisotopic (exact) mass is 534 g/mol. The summed E-state index contributed by atoms with van der Waals surface area (Å²) >= 11 is 0. The fraction of sp³-hybridized carbons (Fsp3) is 0.346. The molecular formula is C26H30O12. The van der Waals surface area contributed by atoms with Gasteiger partial charge in [-0.3, -0.25) is 0 Å². The lowest BCUT2D eigenvalue weighted by atomic mass is 10.0. The van der Waals surface area contributed by atoms with Crippen molar-refractivity contribution >= 4 is 29.8 Å². The minimum atomic E-state index is -1.38.